The number of allylic oxidation sites excluding steroid dienone is 1. The van der Waals surface area contributed by atoms with Gasteiger partial charge in [0.15, 0.2) is 10.8 Å². The average Bonchev–Trinajstić information content (AvgIpc) is 3.19. The number of para-hydroxylation sites is 1. The number of hydrogen-bond acceptors (Lipinski definition) is 3. The van der Waals surface area contributed by atoms with Gasteiger partial charge in [-0.25, -0.2) is 4.68 Å². The molecule has 10 heteroatoms. The first kappa shape index (κ1) is 21.8. The standard InChI is InChI=1S/C20H22F3N5OS/c21-20(22,23)17-16(13-25-28(17)15-9-5-2-6-10-15)18(29)26-27-19(30)24-12-11-14-7-3-1-4-8-14/h2,5-7,9-10,13H,1,3-4,8,11-12H2,(H,26,29)(H2,24,27,30). The van der Waals surface area contributed by atoms with Gasteiger partial charge in [0, 0.05) is 6.54 Å². The molecule has 0 saturated carbocycles. The molecule has 3 N–H and O–H groups in total. The monoisotopic (exact) mass is 437 g/mol. The number of aromatic nitrogens is 2. The normalized spacial score (nSPS) is 14.0. The highest BCUT2D eigenvalue weighted by atomic mass is 32.1. The number of hydrazine groups is 1. The Hall–Kier alpha value is -2.88. The topological polar surface area (TPSA) is 71.0 Å². The summed E-state index contributed by atoms with van der Waals surface area (Å²) in [7, 11) is 0. The van der Waals surface area contributed by atoms with Crippen LogP contribution in [0.25, 0.3) is 5.69 Å². The molecule has 1 aromatic heterocycles. The summed E-state index contributed by atoms with van der Waals surface area (Å²) in [5, 5.41) is 6.82. The van der Waals surface area contributed by atoms with Crippen molar-refractivity contribution < 1.29 is 18.0 Å². The molecule has 1 aliphatic carbocycles. The highest BCUT2D eigenvalue weighted by Crippen LogP contribution is 2.33. The fourth-order valence-corrected chi connectivity index (χ4v) is 3.40. The summed E-state index contributed by atoms with van der Waals surface area (Å²) in [6, 6.07) is 7.81. The maximum Gasteiger partial charge on any atom is 0.434 e. The SMILES string of the molecule is O=C(NNC(=S)NCCC1=CCCCC1)c1cnn(-c2ccccc2)c1C(F)(F)F. The number of halogens is 3. The van der Waals surface area contributed by atoms with Crippen LogP contribution < -0.4 is 16.2 Å². The van der Waals surface area contributed by atoms with Gasteiger partial charge in [-0.3, -0.25) is 15.6 Å². The molecule has 160 valence electrons. The molecule has 1 amide bonds. The van der Waals surface area contributed by atoms with Gasteiger partial charge in [-0.2, -0.15) is 18.3 Å². The van der Waals surface area contributed by atoms with Crippen molar-refractivity contribution in [1.82, 2.24) is 25.9 Å². The number of hydrogen-bond donors (Lipinski definition) is 3. The molecule has 0 fully saturated rings. The van der Waals surface area contributed by atoms with Crippen molar-refractivity contribution in [2.75, 3.05) is 6.54 Å². The Morgan fingerprint density at radius 2 is 1.93 bits per heavy atom. The lowest BCUT2D eigenvalue weighted by Crippen LogP contribution is -2.47. The van der Waals surface area contributed by atoms with Crippen LogP contribution in [0.1, 0.15) is 48.2 Å². The first-order chi connectivity index (χ1) is 14.4. The molecular weight excluding hydrogens is 415 g/mol. The molecule has 1 heterocycles. The molecular formula is C20H22F3N5OS. The van der Waals surface area contributed by atoms with Crippen LogP contribution in [0.5, 0.6) is 0 Å². The second-order valence-corrected chi connectivity index (χ2v) is 7.25. The minimum Gasteiger partial charge on any atom is -0.361 e. The molecule has 30 heavy (non-hydrogen) atoms. The number of nitrogens with one attached hydrogen (secondary N) is 3. The van der Waals surface area contributed by atoms with Crippen LogP contribution in [0.3, 0.4) is 0 Å². The molecule has 0 saturated heterocycles. The zero-order valence-electron chi connectivity index (χ0n) is 16.1. The molecule has 3 rings (SSSR count). The molecule has 6 nitrogen and oxygen atoms in total. The van der Waals surface area contributed by atoms with Gasteiger partial charge in [-0.05, 0) is 56.5 Å². The Morgan fingerprint density at radius 3 is 2.60 bits per heavy atom. The van der Waals surface area contributed by atoms with Crippen LogP contribution in [-0.2, 0) is 6.18 Å². The second-order valence-electron chi connectivity index (χ2n) is 6.85. The number of carbonyl (C=O) groups excluding carboxylic acids is 1. The third kappa shape index (κ3) is 5.59. The Bertz CT molecular complexity index is 924. The zero-order chi connectivity index (χ0) is 21.6. The van der Waals surface area contributed by atoms with Crippen molar-refractivity contribution in [1.29, 1.82) is 0 Å². The van der Waals surface area contributed by atoms with Gasteiger partial charge >= 0.3 is 6.18 Å². The van der Waals surface area contributed by atoms with E-state index in [1.54, 1.807) is 18.2 Å². The van der Waals surface area contributed by atoms with Gasteiger partial charge in [0.1, 0.15) is 0 Å². The third-order valence-corrected chi connectivity index (χ3v) is 4.94. The minimum absolute atomic E-state index is 0.128. The fraction of sp³-hybridized carbons (Fsp3) is 0.350. The molecule has 0 spiro atoms. The highest BCUT2D eigenvalue weighted by Gasteiger charge is 2.40. The first-order valence-electron chi connectivity index (χ1n) is 9.59. The summed E-state index contributed by atoms with van der Waals surface area (Å²) in [5.74, 6) is -0.983. The van der Waals surface area contributed by atoms with Crippen molar-refractivity contribution in [2.24, 2.45) is 0 Å². The van der Waals surface area contributed by atoms with Gasteiger partial charge in [-0.15, -0.1) is 0 Å². The summed E-state index contributed by atoms with van der Waals surface area (Å²) in [4.78, 5) is 12.4. The van der Waals surface area contributed by atoms with Crippen LogP contribution in [0, 0.1) is 0 Å². The fourth-order valence-electron chi connectivity index (χ4n) is 3.25. The van der Waals surface area contributed by atoms with Gasteiger partial charge < -0.3 is 5.32 Å². The Kier molecular flexibility index (Phi) is 7.09. The Morgan fingerprint density at radius 1 is 1.17 bits per heavy atom. The number of thiocarbonyl (C=S) groups is 1. The molecule has 0 atom stereocenters. The van der Waals surface area contributed by atoms with Gasteiger partial charge in [-0.1, -0.05) is 29.8 Å². The molecule has 0 radical (unpaired) electrons. The van der Waals surface area contributed by atoms with Crippen LogP contribution in [0.2, 0.25) is 0 Å². The Balaban J connectivity index is 1.60. The van der Waals surface area contributed by atoms with Gasteiger partial charge in [0.25, 0.3) is 5.91 Å². The summed E-state index contributed by atoms with van der Waals surface area (Å²) in [6.07, 6.45) is 3.73. The van der Waals surface area contributed by atoms with Crippen molar-refractivity contribution in [2.45, 2.75) is 38.3 Å². The van der Waals surface area contributed by atoms with Crippen LogP contribution in [-0.4, -0.2) is 27.3 Å². The van der Waals surface area contributed by atoms with E-state index >= 15 is 0 Å². The lowest BCUT2D eigenvalue weighted by atomic mass is 9.97. The summed E-state index contributed by atoms with van der Waals surface area (Å²) in [5.41, 5.74) is 4.45. The quantitative estimate of drug-likeness (QED) is 0.376. The van der Waals surface area contributed by atoms with E-state index in [2.05, 4.69) is 27.3 Å². The minimum atomic E-state index is -4.77. The molecule has 0 unspecified atom stereocenters. The van der Waals surface area contributed by atoms with E-state index in [0.29, 0.717) is 11.2 Å². The maximum absolute atomic E-state index is 13.6. The largest absolute Gasteiger partial charge is 0.434 e. The number of rotatable bonds is 5. The van der Waals surface area contributed by atoms with Crippen molar-refractivity contribution in [3.8, 4) is 5.69 Å². The van der Waals surface area contributed by atoms with E-state index < -0.39 is 23.3 Å². The van der Waals surface area contributed by atoms with E-state index in [1.807, 2.05) is 0 Å². The lowest BCUT2D eigenvalue weighted by Gasteiger charge is -2.15. The highest BCUT2D eigenvalue weighted by molar-refractivity contribution is 7.80. The Labute approximate surface area is 177 Å². The number of amides is 1. The number of benzene rings is 1. The molecule has 1 aromatic carbocycles. The molecule has 2 aromatic rings. The molecule has 0 bridgehead atoms. The van der Waals surface area contributed by atoms with E-state index in [1.165, 1.54) is 30.5 Å². The van der Waals surface area contributed by atoms with E-state index in [-0.39, 0.29) is 10.8 Å². The molecule has 1 aliphatic rings. The van der Waals surface area contributed by atoms with Gasteiger partial charge in [0.2, 0.25) is 0 Å². The number of nitrogens with zero attached hydrogens (tertiary/aromatic N) is 2. The number of carbonyl (C=O) groups is 1. The first-order valence-corrected chi connectivity index (χ1v) is 10.00. The zero-order valence-corrected chi connectivity index (χ0v) is 16.9. The summed E-state index contributed by atoms with van der Waals surface area (Å²) in [6.45, 7) is 0.577. The smallest absolute Gasteiger partial charge is 0.361 e. The maximum atomic E-state index is 13.6. The summed E-state index contributed by atoms with van der Waals surface area (Å²) < 4.78 is 41.6. The van der Waals surface area contributed by atoms with E-state index in [0.717, 1.165) is 25.5 Å². The van der Waals surface area contributed by atoms with Gasteiger partial charge in [0.05, 0.1) is 17.4 Å². The van der Waals surface area contributed by atoms with Crippen molar-refractivity contribution in [3.05, 3.63) is 59.4 Å². The predicted octanol–water partition coefficient (Wildman–Crippen LogP) is 3.89. The lowest BCUT2D eigenvalue weighted by molar-refractivity contribution is -0.143. The van der Waals surface area contributed by atoms with Crippen LogP contribution in [0.15, 0.2) is 48.2 Å². The van der Waals surface area contributed by atoms with E-state index in [9.17, 15) is 18.0 Å². The molecule has 0 aliphatic heterocycles. The van der Waals surface area contributed by atoms with Crippen molar-refractivity contribution in [3.63, 3.8) is 0 Å². The summed E-state index contributed by atoms with van der Waals surface area (Å²) >= 11 is 5.08. The average molecular weight is 437 g/mol. The predicted molar refractivity (Wildman–Crippen MR) is 111 cm³/mol. The van der Waals surface area contributed by atoms with Crippen LogP contribution in [0.4, 0.5) is 13.2 Å². The second kappa shape index (κ2) is 9.75. The third-order valence-electron chi connectivity index (χ3n) is 4.69. The number of alkyl halides is 3. The van der Waals surface area contributed by atoms with Crippen LogP contribution >= 0.6 is 12.2 Å². The van der Waals surface area contributed by atoms with E-state index in [4.69, 9.17) is 12.2 Å². The van der Waals surface area contributed by atoms with Crippen molar-refractivity contribution >= 4 is 23.2 Å².